The fourth-order valence-corrected chi connectivity index (χ4v) is 2.11. The molecule has 1 unspecified atom stereocenters. The molecule has 0 rings (SSSR count). The van der Waals surface area contributed by atoms with Crippen LogP contribution < -0.4 is 0 Å². The number of carboxylic acids is 1. The van der Waals surface area contributed by atoms with Gasteiger partial charge in [0.15, 0.2) is 0 Å². The third-order valence-corrected chi connectivity index (χ3v) is 3.42. The largest absolute Gasteiger partial charge is 0.481 e. The summed E-state index contributed by atoms with van der Waals surface area (Å²) < 4.78 is 11.3. The van der Waals surface area contributed by atoms with E-state index in [2.05, 4.69) is 6.07 Å². The van der Waals surface area contributed by atoms with Crippen LogP contribution in [0.15, 0.2) is 0 Å². The average molecular weight is 231 g/mol. The first kappa shape index (κ1) is 14.1. The molecule has 0 spiro atoms. The summed E-state index contributed by atoms with van der Waals surface area (Å²) in [5, 5.41) is 17.1. The topological polar surface area (TPSA) is 78.2 Å². The Morgan fingerprint density at radius 3 is 2.53 bits per heavy atom. The zero-order valence-electron chi connectivity index (χ0n) is 9.15. The molecule has 0 bridgehead atoms. The first-order valence-electron chi connectivity index (χ1n) is 4.85. The Bertz CT molecular complexity index is 281. The summed E-state index contributed by atoms with van der Waals surface area (Å²) in [6.07, 6.45) is 1.35. The molecule has 0 fully saturated rings. The summed E-state index contributed by atoms with van der Waals surface area (Å²) in [5.74, 6) is -0.221. The van der Waals surface area contributed by atoms with Gasteiger partial charge < -0.3 is 5.11 Å². The highest BCUT2D eigenvalue weighted by molar-refractivity contribution is 7.84. The highest BCUT2D eigenvalue weighted by Crippen LogP contribution is 2.20. The highest BCUT2D eigenvalue weighted by atomic mass is 32.2. The maximum Gasteiger partial charge on any atom is 0.304 e. The van der Waals surface area contributed by atoms with E-state index in [1.165, 1.54) is 0 Å². The number of nitrogens with zero attached hydrogens (tertiary/aromatic N) is 1. The number of nitriles is 1. The minimum absolute atomic E-state index is 0.0474. The first-order chi connectivity index (χ1) is 6.87. The van der Waals surface area contributed by atoms with Gasteiger partial charge in [0.25, 0.3) is 0 Å². The number of aliphatic carboxylic acids is 1. The van der Waals surface area contributed by atoms with E-state index in [4.69, 9.17) is 10.4 Å². The van der Waals surface area contributed by atoms with E-state index in [1.807, 2.05) is 13.8 Å². The van der Waals surface area contributed by atoms with Crippen LogP contribution in [-0.4, -0.2) is 26.8 Å². The lowest BCUT2D eigenvalue weighted by atomic mass is 9.90. The van der Waals surface area contributed by atoms with Gasteiger partial charge in [0.1, 0.15) is 0 Å². The van der Waals surface area contributed by atoms with E-state index in [9.17, 15) is 9.00 Å². The molecule has 1 N–H and O–H groups in total. The monoisotopic (exact) mass is 231 g/mol. The quantitative estimate of drug-likeness (QED) is 0.721. The second kappa shape index (κ2) is 6.57. The lowest BCUT2D eigenvalue weighted by molar-refractivity contribution is -0.136. The number of rotatable bonds is 7. The molecule has 0 radical (unpaired) electrons. The lowest BCUT2D eigenvalue weighted by Gasteiger charge is -2.13. The van der Waals surface area contributed by atoms with Crippen LogP contribution in [0.2, 0.25) is 0 Å². The molecular weight excluding hydrogens is 214 g/mol. The van der Waals surface area contributed by atoms with Crippen molar-refractivity contribution in [2.24, 2.45) is 5.41 Å². The van der Waals surface area contributed by atoms with E-state index in [-0.39, 0.29) is 17.6 Å². The van der Waals surface area contributed by atoms with Gasteiger partial charge in [-0.25, -0.2) is 0 Å². The number of carboxylic acid groups (broad SMARTS) is 1. The van der Waals surface area contributed by atoms with Gasteiger partial charge >= 0.3 is 5.97 Å². The van der Waals surface area contributed by atoms with Crippen LogP contribution in [0, 0.1) is 16.7 Å². The Labute approximate surface area is 92.7 Å². The van der Waals surface area contributed by atoms with Crippen molar-refractivity contribution in [3.05, 3.63) is 0 Å². The van der Waals surface area contributed by atoms with Gasteiger partial charge in [0.2, 0.25) is 0 Å². The molecule has 0 saturated heterocycles. The van der Waals surface area contributed by atoms with Crippen LogP contribution in [0.4, 0.5) is 0 Å². The van der Waals surface area contributed by atoms with Gasteiger partial charge in [-0.1, -0.05) is 0 Å². The molecule has 0 saturated carbocycles. The van der Waals surface area contributed by atoms with Crippen molar-refractivity contribution in [2.75, 3.05) is 11.5 Å². The van der Waals surface area contributed by atoms with Crippen molar-refractivity contribution in [1.82, 2.24) is 0 Å². The maximum atomic E-state index is 11.3. The van der Waals surface area contributed by atoms with Crippen molar-refractivity contribution in [3.63, 3.8) is 0 Å². The molecule has 0 aliphatic carbocycles. The van der Waals surface area contributed by atoms with Crippen molar-refractivity contribution in [2.45, 2.75) is 33.1 Å². The van der Waals surface area contributed by atoms with Crippen molar-refractivity contribution >= 4 is 16.8 Å². The van der Waals surface area contributed by atoms with Crippen LogP contribution >= 0.6 is 0 Å². The molecule has 4 nitrogen and oxygen atoms in total. The molecule has 0 aromatic rings. The van der Waals surface area contributed by atoms with Crippen LogP contribution in [0.5, 0.6) is 0 Å². The zero-order valence-corrected chi connectivity index (χ0v) is 9.97. The van der Waals surface area contributed by atoms with Gasteiger partial charge in [-0.2, -0.15) is 5.26 Å². The third kappa shape index (κ3) is 8.13. The van der Waals surface area contributed by atoms with E-state index in [0.717, 1.165) is 0 Å². The van der Waals surface area contributed by atoms with E-state index in [1.54, 1.807) is 0 Å². The van der Waals surface area contributed by atoms with Crippen molar-refractivity contribution in [1.29, 1.82) is 5.26 Å². The fourth-order valence-electron chi connectivity index (χ4n) is 1.03. The molecule has 0 aromatic carbocycles. The minimum atomic E-state index is -1.07. The summed E-state index contributed by atoms with van der Waals surface area (Å²) in [5.41, 5.74) is -0.378. The normalized spacial score (nSPS) is 13.1. The van der Waals surface area contributed by atoms with Crippen molar-refractivity contribution in [3.8, 4) is 6.07 Å². The molecule has 15 heavy (non-hydrogen) atoms. The fraction of sp³-hybridized carbons (Fsp3) is 0.800. The van der Waals surface area contributed by atoms with Gasteiger partial charge in [-0.15, -0.1) is 0 Å². The average Bonchev–Trinajstić information content (AvgIpc) is 2.14. The number of hydrogen-bond donors (Lipinski definition) is 1. The van der Waals surface area contributed by atoms with Gasteiger partial charge in [-0.05, 0) is 26.7 Å². The van der Waals surface area contributed by atoms with Crippen LogP contribution in [0.1, 0.15) is 33.1 Å². The molecule has 86 valence electrons. The molecule has 0 aliphatic heterocycles. The Morgan fingerprint density at radius 2 is 2.07 bits per heavy atom. The summed E-state index contributed by atoms with van der Waals surface area (Å²) in [6, 6.07) is 2.17. The molecule has 0 heterocycles. The maximum absolute atomic E-state index is 11.3. The predicted molar refractivity (Wildman–Crippen MR) is 58.8 cm³/mol. The van der Waals surface area contributed by atoms with Crippen LogP contribution in [-0.2, 0) is 15.6 Å². The van der Waals surface area contributed by atoms with E-state index < -0.39 is 16.8 Å². The molecular formula is C10H17NO3S. The van der Waals surface area contributed by atoms with Crippen LogP contribution in [0.3, 0.4) is 0 Å². The molecule has 0 aromatic heterocycles. The Kier molecular flexibility index (Phi) is 6.18. The SMILES string of the molecule is CC(C)(C#N)CCCS(=O)CCC(=O)O. The Hall–Kier alpha value is -0.890. The summed E-state index contributed by atoms with van der Waals surface area (Å²) >= 11 is 0. The molecule has 1 atom stereocenters. The molecule has 0 amide bonds. The van der Waals surface area contributed by atoms with Gasteiger partial charge in [0.05, 0.1) is 17.9 Å². The lowest BCUT2D eigenvalue weighted by Crippen LogP contribution is -2.12. The molecule has 0 aliphatic rings. The summed E-state index contributed by atoms with van der Waals surface area (Å²) in [6.45, 7) is 3.68. The minimum Gasteiger partial charge on any atom is -0.481 e. The predicted octanol–water partition coefficient (Wildman–Crippen LogP) is 1.54. The van der Waals surface area contributed by atoms with Gasteiger partial charge in [-0.3, -0.25) is 9.00 Å². The Balaban J connectivity index is 3.65. The first-order valence-corrected chi connectivity index (χ1v) is 6.34. The van der Waals surface area contributed by atoms with Gasteiger partial charge in [0, 0.05) is 22.3 Å². The third-order valence-electron chi connectivity index (χ3n) is 2.02. The highest BCUT2D eigenvalue weighted by Gasteiger charge is 2.16. The number of hydrogen-bond acceptors (Lipinski definition) is 3. The zero-order chi connectivity index (χ0) is 11.9. The molecule has 5 heteroatoms. The second-order valence-electron chi connectivity index (χ2n) is 4.09. The summed E-state index contributed by atoms with van der Waals surface area (Å²) in [4.78, 5) is 10.2. The Morgan fingerprint density at radius 1 is 1.47 bits per heavy atom. The standard InChI is InChI=1S/C10H17NO3S/c1-10(2,8-11)5-3-6-15(14)7-4-9(12)13/h3-7H2,1-2H3,(H,12,13). The smallest absolute Gasteiger partial charge is 0.304 e. The van der Waals surface area contributed by atoms with Crippen LogP contribution in [0.25, 0.3) is 0 Å². The van der Waals surface area contributed by atoms with E-state index >= 15 is 0 Å². The summed E-state index contributed by atoms with van der Waals surface area (Å²) in [7, 11) is -1.07. The second-order valence-corrected chi connectivity index (χ2v) is 5.79. The van der Waals surface area contributed by atoms with Crippen molar-refractivity contribution < 1.29 is 14.1 Å². The van der Waals surface area contributed by atoms with E-state index in [0.29, 0.717) is 18.6 Å². The number of carbonyl (C=O) groups is 1.